The Bertz CT molecular complexity index is 308. The summed E-state index contributed by atoms with van der Waals surface area (Å²) in [4.78, 5) is 0. The first kappa shape index (κ1) is 13.9. The largest absolute Gasteiger partial charge is 0.491 e. The summed E-state index contributed by atoms with van der Waals surface area (Å²) in [6.45, 7) is 8.42. The molecule has 2 nitrogen and oxygen atoms in total. The molecule has 0 aliphatic rings. The van der Waals surface area contributed by atoms with Gasteiger partial charge in [0.25, 0.3) is 0 Å². The van der Waals surface area contributed by atoms with Gasteiger partial charge in [-0.25, -0.2) is 0 Å². The van der Waals surface area contributed by atoms with Crippen LogP contribution in [0.2, 0.25) is 0 Å². The number of para-hydroxylation sites is 2. The van der Waals surface area contributed by atoms with Gasteiger partial charge in [0.1, 0.15) is 5.75 Å². The zero-order chi connectivity index (χ0) is 12.5. The van der Waals surface area contributed by atoms with Crippen LogP contribution in [-0.4, -0.2) is 13.2 Å². The van der Waals surface area contributed by atoms with E-state index in [1.165, 1.54) is 12.8 Å². The highest BCUT2D eigenvalue weighted by molar-refractivity contribution is 5.56. The summed E-state index contributed by atoms with van der Waals surface area (Å²) in [6, 6.07) is 8.19. The maximum atomic E-state index is 5.72. The minimum Gasteiger partial charge on any atom is -0.491 e. The minimum absolute atomic E-state index is 0.745. The molecule has 1 aromatic rings. The Balaban J connectivity index is 2.56. The zero-order valence-electron chi connectivity index (χ0n) is 11.3. The van der Waals surface area contributed by atoms with Gasteiger partial charge < -0.3 is 10.1 Å². The molecule has 17 heavy (non-hydrogen) atoms. The van der Waals surface area contributed by atoms with E-state index in [0.29, 0.717) is 0 Å². The van der Waals surface area contributed by atoms with Crippen molar-refractivity contribution in [2.75, 3.05) is 18.5 Å². The molecule has 0 saturated heterocycles. The van der Waals surface area contributed by atoms with Crippen LogP contribution < -0.4 is 10.1 Å². The highest BCUT2D eigenvalue weighted by Crippen LogP contribution is 2.24. The summed E-state index contributed by atoms with van der Waals surface area (Å²) in [5.41, 5.74) is 1.12. The van der Waals surface area contributed by atoms with Gasteiger partial charge in [-0.1, -0.05) is 45.7 Å². The van der Waals surface area contributed by atoms with Crippen LogP contribution in [-0.2, 0) is 0 Å². The van der Waals surface area contributed by atoms with E-state index in [9.17, 15) is 0 Å². The number of rotatable bonds is 8. The third-order valence-corrected chi connectivity index (χ3v) is 3.08. The van der Waals surface area contributed by atoms with Crippen LogP contribution in [0.3, 0.4) is 0 Å². The van der Waals surface area contributed by atoms with Crippen molar-refractivity contribution in [1.29, 1.82) is 0 Å². The third-order valence-electron chi connectivity index (χ3n) is 3.08. The predicted molar refractivity (Wildman–Crippen MR) is 74.8 cm³/mol. The molecule has 1 N–H and O–H groups in total. The van der Waals surface area contributed by atoms with Crippen molar-refractivity contribution in [3.05, 3.63) is 24.3 Å². The van der Waals surface area contributed by atoms with Crippen LogP contribution >= 0.6 is 0 Å². The molecule has 0 bridgehead atoms. The van der Waals surface area contributed by atoms with Gasteiger partial charge in [0.15, 0.2) is 0 Å². The van der Waals surface area contributed by atoms with Gasteiger partial charge in [0, 0.05) is 6.54 Å². The number of hydrogen-bond donors (Lipinski definition) is 1. The zero-order valence-corrected chi connectivity index (χ0v) is 11.3. The van der Waals surface area contributed by atoms with Crippen LogP contribution in [0.1, 0.15) is 40.0 Å². The third kappa shape index (κ3) is 4.68. The second-order valence-electron chi connectivity index (χ2n) is 4.41. The molecule has 1 aromatic carbocycles. The first-order chi connectivity index (χ1) is 8.31. The summed E-state index contributed by atoms with van der Waals surface area (Å²) in [5, 5.41) is 3.50. The smallest absolute Gasteiger partial charge is 0.142 e. The lowest BCUT2D eigenvalue weighted by Crippen LogP contribution is -2.13. The average molecular weight is 235 g/mol. The predicted octanol–water partition coefficient (Wildman–Crippen LogP) is 4.32. The molecule has 0 fully saturated rings. The molecule has 0 heterocycles. The van der Waals surface area contributed by atoms with E-state index >= 15 is 0 Å². The van der Waals surface area contributed by atoms with Crippen molar-refractivity contribution >= 4 is 5.69 Å². The monoisotopic (exact) mass is 235 g/mol. The molecule has 0 spiro atoms. The second kappa shape index (κ2) is 7.99. The standard InChI is InChI=1S/C15H25NO/c1-4-11-17-15-10-8-7-9-14(15)16-12-13(5-2)6-3/h7-10,13,16H,4-6,11-12H2,1-3H3. The van der Waals surface area contributed by atoms with E-state index in [1.54, 1.807) is 0 Å². The fourth-order valence-electron chi connectivity index (χ4n) is 1.78. The average Bonchev–Trinajstić information content (AvgIpc) is 2.38. The van der Waals surface area contributed by atoms with E-state index < -0.39 is 0 Å². The van der Waals surface area contributed by atoms with Crippen LogP contribution in [0.5, 0.6) is 5.75 Å². The Morgan fingerprint density at radius 1 is 1.12 bits per heavy atom. The van der Waals surface area contributed by atoms with Gasteiger partial charge >= 0.3 is 0 Å². The Hall–Kier alpha value is -1.18. The van der Waals surface area contributed by atoms with Crippen LogP contribution in [0.25, 0.3) is 0 Å². The molecule has 0 aromatic heterocycles. The number of ether oxygens (including phenoxy) is 1. The van der Waals surface area contributed by atoms with Crippen LogP contribution in [0.15, 0.2) is 24.3 Å². The Labute approximate surface area is 105 Å². The summed E-state index contributed by atoms with van der Waals surface area (Å²) in [5.74, 6) is 1.72. The second-order valence-corrected chi connectivity index (χ2v) is 4.41. The van der Waals surface area contributed by atoms with E-state index in [1.807, 2.05) is 18.2 Å². The van der Waals surface area contributed by atoms with Crippen LogP contribution in [0.4, 0.5) is 5.69 Å². The van der Waals surface area contributed by atoms with Crippen molar-refractivity contribution in [3.63, 3.8) is 0 Å². The summed E-state index contributed by atoms with van der Waals surface area (Å²) >= 11 is 0. The summed E-state index contributed by atoms with van der Waals surface area (Å²) in [6.07, 6.45) is 3.49. The molecular weight excluding hydrogens is 210 g/mol. The van der Waals surface area contributed by atoms with Crippen LogP contribution in [0, 0.1) is 5.92 Å². The number of hydrogen-bond acceptors (Lipinski definition) is 2. The molecule has 96 valence electrons. The fourth-order valence-corrected chi connectivity index (χ4v) is 1.78. The molecule has 0 amide bonds. The molecule has 0 aliphatic carbocycles. The lowest BCUT2D eigenvalue weighted by Gasteiger charge is -2.17. The lowest BCUT2D eigenvalue weighted by atomic mass is 10.0. The Kier molecular flexibility index (Phi) is 6.53. The first-order valence-electron chi connectivity index (χ1n) is 6.77. The molecule has 0 radical (unpaired) electrons. The maximum Gasteiger partial charge on any atom is 0.142 e. The van der Waals surface area contributed by atoms with Gasteiger partial charge in [-0.15, -0.1) is 0 Å². The molecule has 0 saturated carbocycles. The maximum absolute atomic E-state index is 5.72. The Morgan fingerprint density at radius 3 is 2.47 bits per heavy atom. The fraction of sp³-hybridized carbons (Fsp3) is 0.600. The highest BCUT2D eigenvalue weighted by atomic mass is 16.5. The highest BCUT2D eigenvalue weighted by Gasteiger charge is 2.06. The van der Waals surface area contributed by atoms with Gasteiger partial charge in [-0.3, -0.25) is 0 Å². The molecule has 0 unspecified atom stereocenters. The summed E-state index contributed by atoms with van der Waals surface area (Å²) < 4.78 is 5.72. The van der Waals surface area contributed by atoms with Gasteiger partial charge in [-0.05, 0) is 24.5 Å². The molecule has 0 aliphatic heterocycles. The lowest BCUT2D eigenvalue weighted by molar-refractivity contribution is 0.318. The van der Waals surface area contributed by atoms with Crippen molar-refractivity contribution in [3.8, 4) is 5.75 Å². The first-order valence-corrected chi connectivity index (χ1v) is 6.77. The quantitative estimate of drug-likeness (QED) is 0.724. The van der Waals surface area contributed by atoms with Gasteiger partial charge in [-0.2, -0.15) is 0 Å². The topological polar surface area (TPSA) is 21.3 Å². The normalized spacial score (nSPS) is 10.6. The van der Waals surface area contributed by atoms with Crippen molar-refractivity contribution in [1.82, 2.24) is 0 Å². The van der Waals surface area contributed by atoms with Gasteiger partial charge in [0.2, 0.25) is 0 Å². The Morgan fingerprint density at radius 2 is 1.82 bits per heavy atom. The SMILES string of the molecule is CCCOc1ccccc1NCC(CC)CC. The van der Waals surface area contributed by atoms with E-state index in [4.69, 9.17) is 4.74 Å². The minimum atomic E-state index is 0.745. The molecular formula is C15H25NO. The molecule has 2 heteroatoms. The van der Waals surface area contributed by atoms with E-state index in [-0.39, 0.29) is 0 Å². The number of anilines is 1. The van der Waals surface area contributed by atoms with E-state index in [0.717, 1.165) is 36.9 Å². The van der Waals surface area contributed by atoms with Crippen molar-refractivity contribution < 1.29 is 4.74 Å². The van der Waals surface area contributed by atoms with E-state index in [2.05, 4.69) is 32.2 Å². The van der Waals surface area contributed by atoms with Gasteiger partial charge in [0.05, 0.1) is 12.3 Å². The number of nitrogens with one attached hydrogen (secondary N) is 1. The summed E-state index contributed by atoms with van der Waals surface area (Å²) in [7, 11) is 0. The van der Waals surface area contributed by atoms with Crippen molar-refractivity contribution in [2.24, 2.45) is 5.92 Å². The number of benzene rings is 1. The molecule has 0 atom stereocenters. The van der Waals surface area contributed by atoms with Crippen molar-refractivity contribution in [2.45, 2.75) is 40.0 Å². The molecule has 1 rings (SSSR count).